The molecular weight excluding hydrogens is 322 g/mol. The molecule has 1 N–H and O–H groups in total. The standard InChI is InChI=1S/C17H25N5OS/c1-12(2)9-10-18-16(23)11-24-17-19-20-21-22(17)15-7-5-14(6-8-15)13(3)4/h5-8,12-13H,9-11H2,1-4H3,(H,18,23). The van der Waals surface area contributed by atoms with Gasteiger partial charge in [-0.25, -0.2) is 0 Å². The number of hydrogen-bond donors (Lipinski definition) is 1. The molecule has 0 saturated carbocycles. The van der Waals surface area contributed by atoms with Gasteiger partial charge in [0.2, 0.25) is 11.1 Å². The number of rotatable bonds is 8. The molecule has 0 fully saturated rings. The number of carbonyl (C=O) groups excluding carboxylic acids is 1. The summed E-state index contributed by atoms with van der Waals surface area (Å²) in [7, 11) is 0. The molecule has 0 saturated heterocycles. The van der Waals surface area contributed by atoms with E-state index in [1.807, 2.05) is 12.1 Å². The summed E-state index contributed by atoms with van der Waals surface area (Å²) in [4.78, 5) is 11.9. The summed E-state index contributed by atoms with van der Waals surface area (Å²) in [6.07, 6.45) is 0.982. The van der Waals surface area contributed by atoms with Crippen molar-refractivity contribution >= 4 is 17.7 Å². The number of carbonyl (C=O) groups is 1. The second kappa shape index (κ2) is 8.82. The predicted octanol–water partition coefficient (Wildman–Crippen LogP) is 3.04. The predicted molar refractivity (Wildman–Crippen MR) is 96.4 cm³/mol. The van der Waals surface area contributed by atoms with Crippen LogP contribution in [-0.4, -0.2) is 38.4 Å². The number of hydrogen-bond acceptors (Lipinski definition) is 5. The first-order valence-corrected chi connectivity index (χ1v) is 9.24. The minimum absolute atomic E-state index is 0.00496. The van der Waals surface area contributed by atoms with Crippen LogP contribution < -0.4 is 5.32 Å². The molecule has 1 heterocycles. The quantitative estimate of drug-likeness (QED) is 0.743. The van der Waals surface area contributed by atoms with Crippen molar-refractivity contribution in [2.45, 2.75) is 45.2 Å². The number of nitrogens with zero attached hydrogens (tertiary/aromatic N) is 4. The van der Waals surface area contributed by atoms with Gasteiger partial charge in [0.05, 0.1) is 11.4 Å². The molecule has 0 aliphatic heterocycles. The molecule has 6 nitrogen and oxygen atoms in total. The van der Waals surface area contributed by atoms with Gasteiger partial charge in [0.1, 0.15) is 0 Å². The maximum atomic E-state index is 11.9. The molecule has 0 unspecified atom stereocenters. The average Bonchev–Trinajstić information content (AvgIpc) is 3.01. The van der Waals surface area contributed by atoms with Gasteiger partial charge in [-0.05, 0) is 46.4 Å². The molecular formula is C17H25N5OS. The van der Waals surface area contributed by atoms with Crippen molar-refractivity contribution < 1.29 is 4.79 Å². The van der Waals surface area contributed by atoms with Crippen LogP contribution in [0, 0.1) is 5.92 Å². The number of nitrogens with one attached hydrogen (secondary N) is 1. The largest absolute Gasteiger partial charge is 0.355 e. The molecule has 1 aromatic heterocycles. The van der Waals surface area contributed by atoms with Crippen LogP contribution in [0.25, 0.3) is 5.69 Å². The second-order valence-corrected chi connectivity index (χ2v) is 7.38. The zero-order valence-corrected chi connectivity index (χ0v) is 15.5. The molecule has 0 aliphatic rings. The minimum Gasteiger partial charge on any atom is -0.355 e. The number of benzene rings is 1. The van der Waals surface area contributed by atoms with Gasteiger partial charge in [-0.3, -0.25) is 4.79 Å². The first-order valence-electron chi connectivity index (χ1n) is 8.25. The summed E-state index contributed by atoms with van der Waals surface area (Å²) in [6, 6.07) is 8.15. The topological polar surface area (TPSA) is 72.7 Å². The van der Waals surface area contributed by atoms with Crippen molar-refractivity contribution in [3.8, 4) is 5.69 Å². The number of amides is 1. The summed E-state index contributed by atoms with van der Waals surface area (Å²) in [6.45, 7) is 9.30. The summed E-state index contributed by atoms with van der Waals surface area (Å²) in [5, 5.41) is 15.3. The molecule has 7 heteroatoms. The lowest BCUT2D eigenvalue weighted by molar-refractivity contribution is -0.118. The maximum absolute atomic E-state index is 11.9. The van der Waals surface area contributed by atoms with Crippen molar-refractivity contribution in [3.63, 3.8) is 0 Å². The Kier molecular flexibility index (Phi) is 6.78. The van der Waals surface area contributed by atoms with E-state index in [1.165, 1.54) is 17.3 Å². The van der Waals surface area contributed by atoms with E-state index in [9.17, 15) is 4.79 Å². The van der Waals surface area contributed by atoms with Crippen LogP contribution in [0.5, 0.6) is 0 Å². The van der Waals surface area contributed by atoms with Gasteiger partial charge in [-0.2, -0.15) is 4.68 Å². The molecule has 0 atom stereocenters. The van der Waals surface area contributed by atoms with Crippen molar-refractivity contribution in [2.75, 3.05) is 12.3 Å². The molecule has 2 rings (SSSR count). The number of thioether (sulfide) groups is 1. The van der Waals surface area contributed by atoms with Gasteiger partial charge >= 0.3 is 0 Å². The monoisotopic (exact) mass is 347 g/mol. The Bertz CT molecular complexity index is 651. The second-order valence-electron chi connectivity index (χ2n) is 6.44. The highest BCUT2D eigenvalue weighted by atomic mass is 32.2. The fourth-order valence-corrected chi connectivity index (χ4v) is 2.83. The Hall–Kier alpha value is -1.89. The molecule has 1 aromatic carbocycles. The summed E-state index contributed by atoms with van der Waals surface area (Å²) in [5.74, 6) is 1.38. The fourth-order valence-electron chi connectivity index (χ4n) is 2.11. The average molecular weight is 347 g/mol. The Labute approximate surface area is 147 Å². The van der Waals surface area contributed by atoms with E-state index < -0.39 is 0 Å². The van der Waals surface area contributed by atoms with Gasteiger partial charge < -0.3 is 5.32 Å². The Morgan fingerprint density at radius 2 is 1.92 bits per heavy atom. The molecule has 130 valence electrons. The van der Waals surface area contributed by atoms with Crippen molar-refractivity contribution in [1.29, 1.82) is 0 Å². The van der Waals surface area contributed by atoms with Crippen LogP contribution >= 0.6 is 11.8 Å². The van der Waals surface area contributed by atoms with Crippen LogP contribution in [0.1, 0.15) is 45.6 Å². The number of tetrazole rings is 1. The fraction of sp³-hybridized carbons (Fsp3) is 0.529. The maximum Gasteiger partial charge on any atom is 0.230 e. The zero-order chi connectivity index (χ0) is 17.5. The molecule has 1 amide bonds. The molecule has 2 aromatic rings. The van der Waals surface area contributed by atoms with E-state index in [2.05, 4.69) is 60.7 Å². The summed E-state index contributed by atoms with van der Waals surface area (Å²) >= 11 is 1.34. The van der Waals surface area contributed by atoms with Gasteiger partial charge in [0.25, 0.3) is 0 Å². The third-order valence-electron chi connectivity index (χ3n) is 3.62. The van der Waals surface area contributed by atoms with E-state index in [4.69, 9.17) is 0 Å². The first kappa shape index (κ1) is 18.4. The Balaban J connectivity index is 1.94. The molecule has 0 bridgehead atoms. The summed E-state index contributed by atoms with van der Waals surface area (Å²) in [5.41, 5.74) is 2.16. The zero-order valence-electron chi connectivity index (χ0n) is 14.7. The lowest BCUT2D eigenvalue weighted by Crippen LogP contribution is -2.27. The number of aromatic nitrogens is 4. The highest BCUT2D eigenvalue weighted by Gasteiger charge is 2.12. The third-order valence-corrected chi connectivity index (χ3v) is 4.54. The van der Waals surface area contributed by atoms with Crippen molar-refractivity contribution in [3.05, 3.63) is 29.8 Å². The van der Waals surface area contributed by atoms with Crippen molar-refractivity contribution in [1.82, 2.24) is 25.5 Å². The van der Waals surface area contributed by atoms with E-state index >= 15 is 0 Å². The highest BCUT2D eigenvalue weighted by molar-refractivity contribution is 7.99. The van der Waals surface area contributed by atoms with Gasteiger partial charge in [0.15, 0.2) is 0 Å². The Morgan fingerprint density at radius 1 is 1.21 bits per heavy atom. The third kappa shape index (κ3) is 5.33. The molecule has 0 spiro atoms. The normalized spacial score (nSPS) is 11.2. The van der Waals surface area contributed by atoms with Crippen molar-refractivity contribution in [2.24, 2.45) is 5.92 Å². The van der Waals surface area contributed by atoms with Gasteiger partial charge in [-0.1, -0.05) is 51.6 Å². The highest BCUT2D eigenvalue weighted by Crippen LogP contribution is 2.20. The van der Waals surface area contributed by atoms with E-state index in [1.54, 1.807) is 4.68 Å². The Morgan fingerprint density at radius 3 is 2.54 bits per heavy atom. The van der Waals surface area contributed by atoms with Crippen LogP contribution in [0.3, 0.4) is 0 Å². The molecule has 0 aliphatic carbocycles. The van der Waals surface area contributed by atoms with Gasteiger partial charge in [0, 0.05) is 6.54 Å². The lowest BCUT2D eigenvalue weighted by atomic mass is 10.0. The smallest absolute Gasteiger partial charge is 0.230 e. The SMILES string of the molecule is CC(C)CCNC(=O)CSc1nnnn1-c1ccc(C(C)C)cc1. The van der Waals surface area contributed by atoms with Crippen LogP contribution in [0.15, 0.2) is 29.4 Å². The van der Waals surface area contributed by atoms with Crippen LogP contribution in [0.4, 0.5) is 0 Å². The van der Waals surface area contributed by atoms with E-state index in [0.29, 0.717) is 29.3 Å². The molecule has 0 radical (unpaired) electrons. The van der Waals surface area contributed by atoms with E-state index in [0.717, 1.165) is 12.1 Å². The van der Waals surface area contributed by atoms with Crippen LogP contribution in [-0.2, 0) is 4.79 Å². The minimum atomic E-state index is 0.00496. The van der Waals surface area contributed by atoms with Gasteiger partial charge in [-0.15, -0.1) is 5.10 Å². The molecule has 24 heavy (non-hydrogen) atoms. The first-order chi connectivity index (χ1) is 11.5. The van der Waals surface area contributed by atoms with E-state index in [-0.39, 0.29) is 5.91 Å². The van der Waals surface area contributed by atoms with Crippen LogP contribution in [0.2, 0.25) is 0 Å². The lowest BCUT2D eigenvalue weighted by Gasteiger charge is -2.08. The summed E-state index contributed by atoms with van der Waals surface area (Å²) < 4.78 is 1.66.